The highest BCUT2D eigenvalue weighted by Gasteiger charge is 2.28. The van der Waals surface area contributed by atoms with Crippen LogP contribution in [0.25, 0.3) is 0 Å². The van der Waals surface area contributed by atoms with E-state index in [4.69, 9.17) is 5.11 Å². The van der Waals surface area contributed by atoms with Gasteiger partial charge in [0.15, 0.2) is 0 Å². The highest BCUT2D eigenvalue weighted by Crippen LogP contribution is 2.25. The van der Waals surface area contributed by atoms with E-state index in [0.29, 0.717) is 31.2 Å². The van der Waals surface area contributed by atoms with Crippen molar-refractivity contribution in [1.82, 2.24) is 10.0 Å². The molecule has 1 aromatic rings. The number of nitrogens with one attached hydrogen (secondary N) is 2. The van der Waals surface area contributed by atoms with Gasteiger partial charge in [-0.2, -0.15) is 0 Å². The van der Waals surface area contributed by atoms with Crippen molar-refractivity contribution in [3.8, 4) is 0 Å². The Kier molecular flexibility index (Phi) is 5.38. The lowest BCUT2D eigenvalue weighted by Gasteiger charge is -2.26. The molecule has 0 bridgehead atoms. The van der Waals surface area contributed by atoms with Gasteiger partial charge in [-0.1, -0.05) is 0 Å². The first-order valence-electron chi connectivity index (χ1n) is 7.41. The summed E-state index contributed by atoms with van der Waals surface area (Å²) in [5.74, 6) is -1.49. The maximum absolute atomic E-state index is 12.3. The molecular weight excluding hydrogens is 320 g/mol. The van der Waals surface area contributed by atoms with E-state index < -0.39 is 16.0 Å². The maximum atomic E-state index is 12.3. The third kappa shape index (κ3) is 4.29. The molecule has 126 valence electrons. The van der Waals surface area contributed by atoms with Gasteiger partial charge in [0, 0.05) is 18.7 Å². The van der Waals surface area contributed by atoms with Gasteiger partial charge in [0.05, 0.1) is 10.8 Å². The van der Waals surface area contributed by atoms with Gasteiger partial charge in [0.25, 0.3) is 5.91 Å². The average molecular weight is 340 g/mol. The van der Waals surface area contributed by atoms with Gasteiger partial charge in [-0.05, 0) is 49.9 Å². The quantitative estimate of drug-likeness (QED) is 0.739. The number of aliphatic carboxylic acids is 1. The summed E-state index contributed by atoms with van der Waals surface area (Å²) in [7, 11) is -2.17. The van der Waals surface area contributed by atoms with Gasteiger partial charge in [-0.15, -0.1) is 0 Å². The summed E-state index contributed by atoms with van der Waals surface area (Å²) in [5.41, 5.74) is 0.383. The Hall–Kier alpha value is -1.93. The molecule has 0 aromatic heterocycles. The van der Waals surface area contributed by atoms with Crippen molar-refractivity contribution < 1.29 is 23.1 Å². The van der Waals surface area contributed by atoms with Crippen LogP contribution in [0.5, 0.6) is 0 Å². The summed E-state index contributed by atoms with van der Waals surface area (Å²) in [6, 6.07) is 5.42. The summed E-state index contributed by atoms with van der Waals surface area (Å²) in [5, 5.41) is 11.4. The Morgan fingerprint density at radius 2 is 1.65 bits per heavy atom. The molecule has 1 aliphatic rings. The summed E-state index contributed by atoms with van der Waals surface area (Å²) >= 11 is 0. The van der Waals surface area contributed by atoms with E-state index in [0.717, 1.165) is 0 Å². The lowest BCUT2D eigenvalue weighted by molar-refractivity contribution is -0.142. The molecule has 1 aromatic carbocycles. The normalized spacial score (nSPS) is 21.6. The number of rotatable bonds is 5. The molecule has 1 fully saturated rings. The van der Waals surface area contributed by atoms with Crippen molar-refractivity contribution in [2.45, 2.75) is 36.6 Å². The molecule has 7 nitrogen and oxygen atoms in total. The lowest BCUT2D eigenvalue weighted by atomic mass is 9.87. The maximum Gasteiger partial charge on any atom is 0.306 e. The van der Waals surface area contributed by atoms with Crippen LogP contribution < -0.4 is 10.0 Å². The number of sulfonamides is 1. The van der Waals surface area contributed by atoms with Crippen LogP contribution in [-0.2, 0) is 14.8 Å². The second-order valence-electron chi connectivity index (χ2n) is 5.61. The van der Waals surface area contributed by atoms with Crippen molar-refractivity contribution >= 4 is 21.9 Å². The van der Waals surface area contributed by atoms with Gasteiger partial charge in [-0.25, -0.2) is 13.1 Å². The third-order valence-electron chi connectivity index (χ3n) is 4.05. The molecule has 0 unspecified atom stereocenters. The molecule has 2 rings (SSSR count). The van der Waals surface area contributed by atoms with Crippen molar-refractivity contribution in [1.29, 1.82) is 0 Å². The van der Waals surface area contributed by atoms with Gasteiger partial charge in [0.2, 0.25) is 10.0 Å². The molecule has 8 heteroatoms. The van der Waals surface area contributed by atoms with Gasteiger partial charge in [-0.3, -0.25) is 9.59 Å². The Bertz CT molecular complexity index is 676. The predicted octanol–water partition coefficient (Wildman–Crippen LogP) is 0.968. The van der Waals surface area contributed by atoms with Gasteiger partial charge in [0.1, 0.15) is 0 Å². The first kappa shape index (κ1) is 17.4. The third-order valence-corrected chi connectivity index (χ3v) is 5.59. The van der Waals surface area contributed by atoms with Crippen LogP contribution in [0.15, 0.2) is 29.2 Å². The number of benzene rings is 1. The molecule has 1 saturated carbocycles. The minimum absolute atomic E-state index is 0.0884. The summed E-state index contributed by atoms with van der Waals surface area (Å²) in [6.07, 6.45) is 1.95. The molecule has 3 N–H and O–H groups in total. The molecule has 1 amide bonds. The summed E-state index contributed by atoms with van der Waals surface area (Å²) < 4.78 is 27.3. The Morgan fingerprint density at radius 1 is 1.09 bits per heavy atom. The van der Waals surface area contributed by atoms with E-state index >= 15 is 0 Å². The minimum atomic E-state index is -3.68. The van der Waals surface area contributed by atoms with E-state index in [2.05, 4.69) is 10.0 Å². The van der Waals surface area contributed by atoms with Crippen LogP contribution in [0, 0.1) is 5.92 Å². The second kappa shape index (κ2) is 7.10. The number of carboxylic acids is 1. The monoisotopic (exact) mass is 340 g/mol. The average Bonchev–Trinajstić information content (AvgIpc) is 2.54. The SMILES string of the molecule is CNC(=O)c1ccc(S(=O)(=O)NC2CCC(C(=O)O)CC2)cc1. The van der Waals surface area contributed by atoms with Crippen molar-refractivity contribution in [2.24, 2.45) is 5.92 Å². The smallest absolute Gasteiger partial charge is 0.306 e. The van der Waals surface area contributed by atoms with E-state index in [1.165, 1.54) is 31.3 Å². The van der Waals surface area contributed by atoms with Gasteiger partial charge < -0.3 is 10.4 Å². The zero-order valence-electron chi connectivity index (χ0n) is 12.8. The first-order valence-corrected chi connectivity index (χ1v) is 8.89. The topological polar surface area (TPSA) is 113 Å². The number of carbonyl (C=O) groups excluding carboxylic acids is 1. The highest BCUT2D eigenvalue weighted by molar-refractivity contribution is 7.89. The van der Waals surface area contributed by atoms with Crippen molar-refractivity contribution in [2.75, 3.05) is 7.05 Å². The molecule has 1 aliphatic carbocycles. The van der Waals surface area contributed by atoms with Crippen LogP contribution in [0.2, 0.25) is 0 Å². The Labute approximate surface area is 135 Å². The summed E-state index contributed by atoms with van der Waals surface area (Å²) in [4.78, 5) is 22.4. The van der Waals surface area contributed by atoms with Gasteiger partial charge >= 0.3 is 5.97 Å². The number of hydrogen-bond acceptors (Lipinski definition) is 4. The molecule has 23 heavy (non-hydrogen) atoms. The minimum Gasteiger partial charge on any atom is -0.481 e. The molecular formula is C15H20N2O5S. The summed E-state index contributed by atoms with van der Waals surface area (Å²) in [6.45, 7) is 0. The fourth-order valence-corrected chi connectivity index (χ4v) is 3.98. The largest absolute Gasteiger partial charge is 0.481 e. The van der Waals surface area contributed by atoms with E-state index in [9.17, 15) is 18.0 Å². The second-order valence-corrected chi connectivity index (χ2v) is 7.33. The standard InChI is InChI=1S/C15H20N2O5S/c1-16-14(18)10-4-8-13(9-5-10)23(21,22)17-12-6-2-11(3-7-12)15(19)20/h4-5,8-9,11-12,17H,2-3,6-7H2,1H3,(H,16,18)(H,19,20). The molecule has 0 heterocycles. The Balaban J connectivity index is 2.02. The van der Waals surface area contributed by atoms with Crippen LogP contribution in [0.1, 0.15) is 36.0 Å². The molecule has 0 atom stereocenters. The van der Waals surface area contributed by atoms with E-state index in [1.807, 2.05) is 0 Å². The fourth-order valence-electron chi connectivity index (χ4n) is 2.68. The van der Waals surface area contributed by atoms with Crippen LogP contribution in [-0.4, -0.2) is 38.5 Å². The van der Waals surface area contributed by atoms with Crippen LogP contribution in [0.4, 0.5) is 0 Å². The molecule has 0 aliphatic heterocycles. The number of carbonyl (C=O) groups is 2. The highest BCUT2D eigenvalue weighted by atomic mass is 32.2. The Morgan fingerprint density at radius 3 is 2.13 bits per heavy atom. The number of carboxylic acid groups (broad SMARTS) is 1. The zero-order chi connectivity index (χ0) is 17.0. The van der Waals surface area contributed by atoms with Crippen LogP contribution in [0.3, 0.4) is 0 Å². The molecule has 0 radical (unpaired) electrons. The van der Waals surface area contributed by atoms with Crippen molar-refractivity contribution in [3.63, 3.8) is 0 Å². The molecule has 0 spiro atoms. The van der Waals surface area contributed by atoms with Crippen LogP contribution >= 0.6 is 0 Å². The van der Waals surface area contributed by atoms with E-state index in [-0.39, 0.29) is 22.8 Å². The predicted molar refractivity (Wildman–Crippen MR) is 83.5 cm³/mol. The van der Waals surface area contributed by atoms with E-state index in [1.54, 1.807) is 0 Å². The number of hydrogen-bond donors (Lipinski definition) is 3. The van der Waals surface area contributed by atoms with Crippen molar-refractivity contribution in [3.05, 3.63) is 29.8 Å². The first-order chi connectivity index (χ1) is 10.8. The fraction of sp³-hybridized carbons (Fsp3) is 0.467. The lowest BCUT2D eigenvalue weighted by Crippen LogP contribution is -2.38. The molecule has 0 saturated heterocycles. The number of amides is 1. The zero-order valence-corrected chi connectivity index (χ0v) is 13.6.